The summed E-state index contributed by atoms with van der Waals surface area (Å²) < 4.78 is 0. The highest BCUT2D eigenvalue weighted by molar-refractivity contribution is 5.80. The third-order valence-corrected chi connectivity index (χ3v) is 4.30. The van der Waals surface area contributed by atoms with Gasteiger partial charge < -0.3 is 10.6 Å². The van der Waals surface area contributed by atoms with E-state index in [1.54, 1.807) is 0 Å². The number of carbonyl (C=O) groups excluding carboxylic acids is 1. The van der Waals surface area contributed by atoms with E-state index < -0.39 is 0 Å². The third-order valence-electron chi connectivity index (χ3n) is 4.30. The summed E-state index contributed by atoms with van der Waals surface area (Å²) in [6, 6.07) is 0.512. The molecule has 2 N–H and O–H groups in total. The van der Waals surface area contributed by atoms with Gasteiger partial charge in [0, 0.05) is 18.5 Å². The van der Waals surface area contributed by atoms with Gasteiger partial charge in [-0.3, -0.25) is 4.79 Å². The minimum Gasteiger partial charge on any atom is -0.354 e. The zero-order valence-electron chi connectivity index (χ0n) is 9.61. The van der Waals surface area contributed by atoms with Crippen molar-refractivity contribution in [1.82, 2.24) is 10.6 Å². The molecule has 0 aromatic heterocycles. The molecule has 0 aromatic rings. The summed E-state index contributed by atoms with van der Waals surface area (Å²) in [6.07, 6.45) is 9.26. The van der Waals surface area contributed by atoms with Gasteiger partial charge in [0.2, 0.25) is 5.91 Å². The van der Waals surface area contributed by atoms with Crippen LogP contribution in [0.4, 0.5) is 0 Å². The van der Waals surface area contributed by atoms with Crippen molar-refractivity contribution in [2.45, 2.75) is 31.7 Å². The fourth-order valence-electron chi connectivity index (χ4n) is 3.37. The largest absolute Gasteiger partial charge is 0.354 e. The second-order valence-electron chi connectivity index (χ2n) is 5.43. The minimum atomic E-state index is 0.261. The lowest BCUT2D eigenvalue weighted by atomic mass is 9.93. The van der Waals surface area contributed by atoms with Crippen molar-refractivity contribution in [3.8, 4) is 0 Å². The Balaban J connectivity index is 1.48. The molecule has 1 heterocycles. The van der Waals surface area contributed by atoms with Crippen molar-refractivity contribution in [2.24, 2.45) is 17.8 Å². The molecular weight excluding hydrogens is 200 g/mol. The molecule has 1 amide bonds. The maximum atomic E-state index is 12.0. The highest BCUT2D eigenvalue weighted by Crippen LogP contribution is 2.43. The van der Waals surface area contributed by atoms with E-state index in [0.717, 1.165) is 19.5 Å². The van der Waals surface area contributed by atoms with Crippen molar-refractivity contribution < 1.29 is 4.79 Å². The number of fused-ring (bicyclic) bond motifs is 2. The van der Waals surface area contributed by atoms with Crippen LogP contribution in [0.3, 0.4) is 0 Å². The summed E-state index contributed by atoms with van der Waals surface area (Å²) in [7, 11) is 0. The Morgan fingerprint density at radius 3 is 2.94 bits per heavy atom. The monoisotopic (exact) mass is 220 g/mol. The van der Waals surface area contributed by atoms with Crippen LogP contribution in [0.25, 0.3) is 0 Å². The molecule has 3 aliphatic rings. The van der Waals surface area contributed by atoms with Crippen LogP contribution in [0, 0.1) is 17.8 Å². The second kappa shape index (κ2) is 4.21. The van der Waals surface area contributed by atoms with Gasteiger partial charge in [-0.05, 0) is 44.1 Å². The Hall–Kier alpha value is -0.830. The number of hydrogen-bond acceptors (Lipinski definition) is 2. The Morgan fingerprint density at radius 1 is 1.38 bits per heavy atom. The van der Waals surface area contributed by atoms with Gasteiger partial charge in [0.1, 0.15) is 0 Å². The zero-order chi connectivity index (χ0) is 11.0. The summed E-state index contributed by atoms with van der Waals surface area (Å²) in [5.41, 5.74) is 0. The minimum absolute atomic E-state index is 0.261. The van der Waals surface area contributed by atoms with Gasteiger partial charge >= 0.3 is 0 Å². The molecule has 2 bridgehead atoms. The Bertz CT molecular complexity index is 307. The number of rotatable bonds is 3. The van der Waals surface area contributed by atoms with E-state index >= 15 is 0 Å². The summed E-state index contributed by atoms with van der Waals surface area (Å²) in [4.78, 5) is 12.0. The highest BCUT2D eigenvalue weighted by atomic mass is 16.1. The lowest BCUT2D eigenvalue weighted by Crippen LogP contribution is -2.40. The van der Waals surface area contributed by atoms with Crippen LogP contribution in [0.15, 0.2) is 12.2 Å². The molecule has 3 heteroatoms. The first-order chi connectivity index (χ1) is 7.83. The SMILES string of the molecule is O=C(NCC1CCCN1)C1CC2C=CC1C2. The van der Waals surface area contributed by atoms with E-state index in [1.165, 1.54) is 19.3 Å². The average molecular weight is 220 g/mol. The van der Waals surface area contributed by atoms with Crippen LogP contribution in [0.1, 0.15) is 25.7 Å². The van der Waals surface area contributed by atoms with Gasteiger partial charge in [-0.1, -0.05) is 12.2 Å². The number of hydrogen-bond donors (Lipinski definition) is 2. The quantitative estimate of drug-likeness (QED) is 0.698. The smallest absolute Gasteiger partial charge is 0.223 e. The molecule has 0 spiro atoms. The summed E-state index contributed by atoms with van der Waals surface area (Å²) in [5.74, 6) is 1.76. The Kier molecular flexibility index (Phi) is 2.72. The first-order valence-corrected chi connectivity index (χ1v) is 6.52. The summed E-state index contributed by atoms with van der Waals surface area (Å²) in [6.45, 7) is 1.92. The van der Waals surface area contributed by atoms with Crippen molar-refractivity contribution >= 4 is 5.91 Å². The molecule has 4 unspecified atom stereocenters. The maximum Gasteiger partial charge on any atom is 0.223 e. The normalized spacial score (nSPS) is 40.5. The van der Waals surface area contributed by atoms with Gasteiger partial charge in [0.25, 0.3) is 0 Å². The van der Waals surface area contributed by atoms with Gasteiger partial charge in [-0.15, -0.1) is 0 Å². The van der Waals surface area contributed by atoms with E-state index in [-0.39, 0.29) is 11.8 Å². The molecule has 0 aromatic carbocycles. The highest BCUT2D eigenvalue weighted by Gasteiger charge is 2.39. The lowest BCUT2D eigenvalue weighted by molar-refractivity contribution is -0.125. The summed E-state index contributed by atoms with van der Waals surface area (Å²) in [5, 5.41) is 6.52. The van der Waals surface area contributed by atoms with Crippen LogP contribution >= 0.6 is 0 Å². The van der Waals surface area contributed by atoms with Gasteiger partial charge in [-0.25, -0.2) is 0 Å². The van der Waals surface area contributed by atoms with Crippen LogP contribution in [0.2, 0.25) is 0 Å². The van der Waals surface area contributed by atoms with Crippen LogP contribution in [-0.2, 0) is 4.79 Å². The van der Waals surface area contributed by atoms with Gasteiger partial charge in [-0.2, -0.15) is 0 Å². The lowest BCUT2D eigenvalue weighted by Gasteiger charge is -2.19. The predicted octanol–water partition coefficient (Wildman–Crippen LogP) is 1.07. The van der Waals surface area contributed by atoms with Gasteiger partial charge in [0.15, 0.2) is 0 Å². The van der Waals surface area contributed by atoms with E-state index in [0.29, 0.717) is 17.9 Å². The fraction of sp³-hybridized carbons (Fsp3) is 0.769. The van der Waals surface area contributed by atoms with Crippen molar-refractivity contribution in [3.05, 3.63) is 12.2 Å². The van der Waals surface area contributed by atoms with Crippen molar-refractivity contribution in [3.63, 3.8) is 0 Å². The molecule has 4 atom stereocenters. The third kappa shape index (κ3) is 1.88. The van der Waals surface area contributed by atoms with Crippen LogP contribution in [0.5, 0.6) is 0 Å². The van der Waals surface area contributed by atoms with Crippen LogP contribution in [-0.4, -0.2) is 25.0 Å². The first kappa shape index (κ1) is 10.3. The average Bonchev–Trinajstić information content (AvgIpc) is 3.01. The Labute approximate surface area is 96.7 Å². The molecular formula is C13H20N2O. The molecule has 3 rings (SSSR count). The molecule has 16 heavy (non-hydrogen) atoms. The molecule has 1 aliphatic heterocycles. The molecule has 3 nitrogen and oxygen atoms in total. The van der Waals surface area contributed by atoms with Crippen molar-refractivity contribution in [1.29, 1.82) is 0 Å². The number of nitrogens with one attached hydrogen (secondary N) is 2. The maximum absolute atomic E-state index is 12.0. The predicted molar refractivity (Wildman–Crippen MR) is 62.9 cm³/mol. The topological polar surface area (TPSA) is 41.1 Å². The molecule has 1 saturated heterocycles. The summed E-state index contributed by atoms with van der Waals surface area (Å²) >= 11 is 0. The number of amides is 1. The fourth-order valence-corrected chi connectivity index (χ4v) is 3.37. The van der Waals surface area contributed by atoms with E-state index in [4.69, 9.17) is 0 Å². The van der Waals surface area contributed by atoms with E-state index in [2.05, 4.69) is 22.8 Å². The molecule has 2 fully saturated rings. The number of carbonyl (C=O) groups is 1. The number of allylic oxidation sites excluding steroid dienone is 2. The van der Waals surface area contributed by atoms with Crippen LogP contribution < -0.4 is 10.6 Å². The zero-order valence-corrected chi connectivity index (χ0v) is 9.61. The second-order valence-corrected chi connectivity index (χ2v) is 5.43. The van der Waals surface area contributed by atoms with Crippen molar-refractivity contribution in [2.75, 3.05) is 13.1 Å². The molecule has 88 valence electrons. The van der Waals surface area contributed by atoms with E-state index in [9.17, 15) is 4.79 Å². The Morgan fingerprint density at radius 2 is 2.31 bits per heavy atom. The first-order valence-electron chi connectivity index (χ1n) is 6.52. The molecule has 2 aliphatic carbocycles. The molecule has 1 saturated carbocycles. The van der Waals surface area contributed by atoms with Gasteiger partial charge in [0.05, 0.1) is 0 Å². The molecule has 0 radical (unpaired) electrons. The van der Waals surface area contributed by atoms with E-state index in [1.807, 2.05) is 0 Å². The standard InChI is InChI=1S/C13H20N2O/c16-13(15-8-11-2-1-5-14-11)12-7-9-3-4-10(12)6-9/h3-4,9-12,14H,1-2,5-8H2,(H,15,16).